The van der Waals surface area contributed by atoms with E-state index in [1.807, 2.05) is 13.0 Å². The molecule has 78 valence electrons. The van der Waals surface area contributed by atoms with E-state index < -0.39 is 0 Å². The second-order valence-corrected chi connectivity index (χ2v) is 4.04. The van der Waals surface area contributed by atoms with Crippen LogP contribution in [0.3, 0.4) is 0 Å². The molecule has 0 radical (unpaired) electrons. The third-order valence-corrected chi connectivity index (χ3v) is 2.62. The van der Waals surface area contributed by atoms with Gasteiger partial charge in [0.1, 0.15) is 5.82 Å². The molecule has 1 N–H and O–H groups in total. The minimum Gasteiger partial charge on any atom is -0.262 e. The van der Waals surface area contributed by atoms with Gasteiger partial charge in [-0.25, -0.2) is 4.98 Å². The Balaban J connectivity index is 2.34. The zero-order valence-corrected chi connectivity index (χ0v) is 9.60. The standard InChI is InChI=1S/C10H17N3S/c1-3-5-7-9-11-10(13-12-9)14-8-6-4-2/h4,6H,3,5,7-8H2,1-2H3,(H,11,12,13). The van der Waals surface area contributed by atoms with Gasteiger partial charge in [-0.1, -0.05) is 37.3 Å². The number of allylic oxidation sites excluding steroid dienone is 1. The van der Waals surface area contributed by atoms with E-state index in [2.05, 4.69) is 28.2 Å². The van der Waals surface area contributed by atoms with Crippen molar-refractivity contribution in [2.24, 2.45) is 0 Å². The van der Waals surface area contributed by atoms with E-state index in [1.54, 1.807) is 11.8 Å². The van der Waals surface area contributed by atoms with Crippen molar-refractivity contribution in [3.8, 4) is 0 Å². The summed E-state index contributed by atoms with van der Waals surface area (Å²) in [4.78, 5) is 4.38. The van der Waals surface area contributed by atoms with Gasteiger partial charge in [0, 0.05) is 12.2 Å². The lowest BCUT2D eigenvalue weighted by atomic mass is 10.2. The first-order valence-corrected chi connectivity index (χ1v) is 6.00. The van der Waals surface area contributed by atoms with E-state index in [0.717, 1.165) is 23.2 Å². The van der Waals surface area contributed by atoms with Gasteiger partial charge in [0.25, 0.3) is 0 Å². The normalized spacial score (nSPS) is 11.3. The number of unbranched alkanes of at least 4 members (excludes halogenated alkanes) is 1. The molecule has 3 nitrogen and oxygen atoms in total. The smallest absolute Gasteiger partial charge is 0.208 e. The predicted molar refractivity (Wildman–Crippen MR) is 60.5 cm³/mol. The Morgan fingerprint density at radius 3 is 3.07 bits per heavy atom. The molecular weight excluding hydrogens is 194 g/mol. The van der Waals surface area contributed by atoms with Crippen LogP contribution in [-0.2, 0) is 6.42 Å². The number of hydrogen-bond acceptors (Lipinski definition) is 3. The Labute approximate surface area is 89.4 Å². The van der Waals surface area contributed by atoms with E-state index in [1.165, 1.54) is 12.8 Å². The molecule has 1 heterocycles. The Morgan fingerprint density at radius 2 is 2.36 bits per heavy atom. The Morgan fingerprint density at radius 1 is 1.50 bits per heavy atom. The van der Waals surface area contributed by atoms with Crippen molar-refractivity contribution in [1.82, 2.24) is 15.2 Å². The van der Waals surface area contributed by atoms with Crippen LogP contribution in [0.4, 0.5) is 0 Å². The van der Waals surface area contributed by atoms with Crippen LogP contribution in [0.1, 0.15) is 32.5 Å². The van der Waals surface area contributed by atoms with E-state index in [9.17, 15) is 0 Å². The molecule has 0 spiro atoms. The van der Waals surface area contributed by atoms with Gasteiger partial charge in [0.05, 0.1) is 0 Å². The lowest BCUT2D eigenvalue weighted by molar-refractivity contribution is 0.755. The number of H-pyrrole nitrogens is 1. The highest BCUT2D eigenvalue weighted by Gasteiger charge is 2.01. The second kappa shape index (κ2) is 6.65. The Kier molecular flexibility index (Phi) is 5.37. The summed E-state index contributed by atoms with van der Waals surface area (Å²) in [5.41, 5.74) is 0. The number of nitrogens with zero attached hydrogens (tertiary/aromatic N) is 2. The van der Waals surface area contributed by atoms with Crippen LogP contribution < -0.4 is 0 Å². The van der Waals surface area contributed by atoms with Crippen LogP contribution in [-0.4, -0.2) is 20.9 Å². The molecule has 14 heavy (non-hydrogen) atoms. The summed E-state index contributed by atoms with van der Waals surface area (Å²) < 4.78 is 0. The highest BCUT2D eigenvalue weighted by Crippen LogP contribution is 2.12. The zero-order valence-electron chi connectivity index (χ0n) is 8.79. The van der Waals surface area contributed by atoms with E-state index in [-0.39, 0.29) is 0 Å². The molecule has 0 unspecified atom stereocenters. The quantitative estimate of drug-likeness (QED) is 0.581. The molecule has 0 aliphatic carbocycles. The number of nitrogens with one attached hydrogen (secondary N) is 1. The first-order valence-electron chi connectivity index (χ1n) is 5.02. The summed E-state index contributed by atoms with van der Waals surface area (Å²) >= 11 is 1.66. The number of rotatable bonds is 6. The fraction of sp³-hybridized carbons (Fsp3) is 0.600. The van der Waals surface area contributed by atoms with Crippen LogP contribution in [0.5, 0.6) is 0 Å². The molecular formula is C10H17N3S. The van der Waals surface area contributed by atoms with Crippen molar-refractivity contribution in [1.29, 1.82) is 0 Å². The Bertz CT molecular complexity index is 281. The molecule has 0 aliphatic heterocycles. The molecule has 1 aromatic heterocycles. The van der Waals surface area contributed by atoms with Crippen molar-refractivity contribution in [2.75, 3.05) is 5.75 Å². The summed E-state index contributed by atoms with van der Waals surface area (Å²) in [6.45, 7) is 4.20. The minimum atomic E-state index is 0.856. The lowest BCUT2D eigenvalue weighted by Crippen LogP contribution is -1.86. The average molecular weight is 211 g/mol. The first-order chi connectivity index (χ1) is 6.86. The van der Waals surface area contributed by atoms with Crippen LogP contribution >= 0.6 is 11.8 Å². The van der Waals surface area contributed by atoms with E-state index >= 15 is 0 Å². The van der Waals surface area contributed by atoms with Crippen molar-refractivity contribution in [2.45, 2.75) is 38.3 Å². The number of hydrogen-bond donors (Lipinski definition) is 1. The van der Waals surface area contributed by atoms with Gasteiger partial charge in [-0.05, 0) is 13.3 Å². The maximum atomic E-state index is 4.38. The van der Waals surface area contributed by atoms with Crippen LogP contribution in [0, 0.1) is 0 Å². The number of aromatic nitrogens is 3. The molecule has 0 saturated heterocycles. The summed E-state index contributed by atoms with van der Waals surface area (Å²) in [5.74, 6) is 1.96. The maximum absolute atomic E-state index is 4.38. The molecule has 0 saturated carbocycles. The predicted octanol–water partition coefficient (Wildman–Crippen LogP) is 2.82. The van der Waals surface area contributed by atoms with Gasteiger partial charge in [-0.2, -0.15) is 0 Å². The lowest BCUT2D eigenvalue weighted by Gasteiger charge is -1.90. The van der Waals surface area contributed by atoms with Crippen molar-refractivity contribution in [3.05, 3.63) is 18.0 Å². The first kappa shape index (κ1) is 11.3. The highest BCUT2D eigenvalue weighted by molar-refractivity contribution is 7.99. The van der Waals surface area contributed by atoms with Gasteiger partial charge < -0.3 is 0 Å². The van der Waals surface area contributed by atoms with Crippen LogP contribution in [0.25, 0.3) is 0 Å². The van der Waals surface area contributed by atoms with Gasteiger partial charge >= 0.3 is 0 Å². The fourth-order valence-electron chi connectivity index (χ4n) is 1.02. The summed E-state index contributed by atoms with van der Waals surface area (Å²) in [7, 11) is 0. The number of aryl methyl sites for hydroxylation is 1. The zero-order chi connectivity index (χ0) is 10.2. The van der Waals surface area contributed by atoms with Crippen molar-refractivity contribution in [3.63, 3.8) is 0 Å². The molecule has 0 fully saturated rings. The van der Waals surface area contributed by atoms with Crippen LogP contribution in [0.2, 0.25) is 0 Å². The summed E-state index contributed by atoms with van der Waals surface area (Å²) in [6.07, 6.45) is 7.52. The Hall–Kier alpha value is -0.770. The molecule has 0 aliphatic rings. The molecule has 0 bridgehead atoms. The molecule has 1 rings (SSSR count). The summed E-state index contributed by atoms with van der Waals surface area (Å²) in [6, 6.07) is 0. The average Bonchev–Trinajstić information content (AvgIpc) is 2.63. The third-order valence-electron chi connectivity index (χ3n) is 1.82. The third kappa shape index (κ3) is 3.96. The monoisotopic (exact) mass is 211 g/mol. The minimum absolute atomic E-state index is 0.856. The second-order valence-electron chi connectivity index (χ2n) is 3.05. The maximum Gasteiger partial charge on any atom is 0.208 e. The molecule has 4 heteroatoms. The molecule has 0 atom stereocenters. The van der Waals surface area contributed by atoms with E-state index in [0.29, 0.717) is 0 Å². The van der Waals surface area contributed by atoms with Gasteiger partial charge in [-0.15, -0.1) is 5.10 Å². The van der Waals surface area contributed by atoms with Crippen molar-refractivity contribution < 1.29 is 0 Å². The van der Waals surface area contributed by atoms with Crippen molar-refractivity contribution >= 4 is 11.8 Å². The fourth-order valence-corrected chi connectivity index (χ4v) is 1.74. The highest BCUT2D eigenvalue weighted by atomic mass is 32.2. The molecule has 0 aromatic carbocycles. The summed E-state index contributed by atoms with van der Waals surface area (Å²) in [5, 5.41) is 7.95. The van der Waals surface area contributed by atoms with E-state index in [4.69, 9.17) is 0 Å². The van der Waals surface area contributed by atoms with Gasteiger partial charge in [0.2, 0.25) is 5.16 Å². The number of aromatic amines is 1. The topological polar surface area (TPSA) is 41.6 Å². The van der Waals surface area contributed by atoms with Crippen LogP contribution in [0.15, 0.2) is 17.3 Å². The molecule has 0 amide bonds. The largest absolute Gasteiger partial charge is 0.262 e. The SMILES string of the molecule is CC=CCSc1n[nH]c(CCCC)n1. The van der Waals surface area contributed by atoms with Gasteiger partial charge in [0.15, 0.2) is 0 Å². The number of thioether (sulfide) groups is 1. The molecule has 1 aromatic rings. The van der Waals surface area contributed by atoms with Gasteiger partial charge in [-0.3, -0.25) is 5.10 Å².